The number of hydrogen-bond acceptors (Lipinski definition) is 4. The highest BCUT2D eigenvalue weighted by atomic mass is 32.2. The third kappa shape index (κ3) is 3.04. The quantitative estimate of drug-likeness (QED) is 0.788. The second-order valence-corrected chi connectivity index (χ2v) is 6.86. The van der Waals surface area contributed by atoms with E-state index in [1.807, 2.05) is 30.5 Å². The van der Waals surface area contributed by atoms with Crippen LogP contribution in [0.1, 0.15) is 0 Å². The maximum absolute atomic E-state index is 11.9. The Morgan fingerprint density at radius 2 is 1.71 bits per heavy atom. The molecular formula is C17H17N3O3S. The standard InChI is InChI=1S/C17H17N3O3S/c1-20-11-15(12-7-9-13(23-2)10-8-12)17(19-20)14-5-3-4-6-16(14)24(18,21)22/h3-11H,1-2H3,(H2,18,21,22). The van der Waals surface area contributed by atoms with Crippen LogP contribution in [0.3, 0.4) is 0 Å². The summed E-state index contributed by atoms with van der Waals surface area (Å²) in [5.41, 5.74) is 2.76. The average molecular weight is 343 g/mol. The Balaban J connectivity index is 2.21. The van der Waals surface area contributed by atoms with Gasteiger partial charge in [0.2, 0.25) is 10.0 Å². The summed E-state index contributed by atoms with van der Waals surface area (Å²) >= 11 is 0. The summed E-state index contributed by atoms with van der Waals surface area (Å²) in [6, 6.07) is 14.1. The number of benzene rings is 2. The fraction of sp³-hybridized carbons (Fsp3) is 0.118. The fourth-order valence-corrected chi connectivity index (χ4v) is 3.32. The molecule has 2 N–H and O–H groups in total. The smallest absolute Gasteiger partial charge is 0.238 e. The number of nitrogens with two attached hydrogens (primary N) is 1. The van der Waals surface area contributed by atoms with E-state index in [1.165, 1.54) is 6.07 Å². The third-order valence-electron chi connectivity index (χ3n) is 3.68. The zero-order valence-electron chi connectivity index (χ0n) is 13.3. The molecule has 3 rings (SSSR count). The van der Waals surface area contributed by atoms with Gasteiger partial charge in [-0.3, -0.25) is 4.68 Å². The Kier molecular flexibility index (Phi) is 4.13. The summed E-state index contributed by atoms with van der Waals surface area (Å²) in [7, 11) is -0.459. The SMILES string of the molecule is COc1ccc(-c2cn(C)nc2-c2ccccc2S(N)(=O)=O)cc1. The molecule has 0 aliphatic rings. The Morgan fingerprint density at radius 3 is 2.33 bits per heavy atom. The topological polar surface area (TPSA) is 87.2 Å². The van der Waals surface area contributed by atoms with Crippen molar-refractivity contribution in [3.8, 4) is 28.1 Å². The van der Waals surface area contributed by atoms with Crippen molar-refractivity contribution in [1.82, 2.24) is 9.78 Å². The number of rotatable bonds is 4. The number of aromatic nitrogens is 2. The van der Waals surface area contributed by atoms with E-state index < -0.39 is 10.0 Å². The molecule has 1 heterocycles. The van der Waals surface area contributed by atoms with Crippen molar-refractivity contribution in [2.24, 2.45) is 12.2 Å². The molecule has 0 spiro atoms. The van der Waals surface area contributed by atoms with Gasteiger partial charge in [-0.2, -0.15) is 5.10 Å². The number of methoxy groups -OCH3 is 1. The van der Waals surface area contributed by atoms with Gasteiger partial charge in [-0.25, -0.2) is 13.6 Å². The summed E-state index contributed by atoms with van der Waals surface area (Å²) in [6.07, 6.45) is 1.84. The molecule has 0 amide bonds. The molecule has 6 nitrogen and oxygen atoms in total. The first-order valence-corrected chi connectivity index (χ1v) is 8.75. The Hall–Kier alpha value is -2.64. The van der Waals surface area contributed by atoms with Gasteiger partial charge in [0.25, 0.3) is 0 Å². The minimum atomic E-state index is -3.85. The van der Waals surface area contributed by atoms with Crippen LogP contribution in [-0.2, 0) is 17.1 Å². The molecule has 1 aromatic heterocycles. The predicted molar refractivity (Wildman–Crippen MR) is 92.0 cm³/mol. The van der Waals surface area contributed by atoms with Gasteiger partial charge in [-0.1, -0.05) is 30.3 Å². The molecule has 0 aliphatic carbocycles. The van der Waals surface area contributed by atoms with E-state index in [1.54, 1.807) is 37.0 Å². The molecule has 2 aromatic carbocycles. The van der Waals surface area contributed by atoms with Crippen molar-refractivity contribution in [1.29, 1.82) is 0 Å². The second-order valence-electron chi connectivity index (χ2n) is 5.33. The van der Waals surface area contributed by atoms with Crippen molar-refractivity contribution in [2.75, 3.05) is 7.11 Å². The molecule has 24 heavy (non-hydrogen) atoms. The van der Waals surface area contributed by atoms with Crippen LogP contribution in [0.5, 0.6) is 5.75 Å². The van der Waals surface area contributed by atoms with Crippen molar-refractivity contribution in [2.45, 2.75) is 4.90 Å². The molecular weight excluding hydrogens is 326 g/mol. The minimum Gasteiger partial charge on any atom is -0.497 e. The van der Waals surface area contributed by atoms with Crippen LogP contribution in [0.15, 0.2) is 59.6 Å². The highest BCUT2D eigenvalue weighted by molar-refractivity contribution is 7.89. The van der Waals surface area contributed by atoms with E-state index in [2.05, 4.69) is 5.10 Å². The van der Waals surface area contributed by atoms with Crippen LogP contribution in [-0.4, -0.2) is 25.3 Å². The van der Waals surface area contributed by atoms with E-state index in [-0.39, 0.29) is 4.90 Å². The molecule has 0 saturated carbocycles. The highest BCUT2D eigenvalue weighted by Crippen LogP contribution is 2.34. The van der Waals surface area contributed by atoms with E-state index in [9.17, 15) is 8.42 Å². The van der Waals surface area contributed by atoms with Gasteiger partial charge in [-0.05, 0) is 23.8 Å². The van der Waals surface area contributed by atoms with E-state index >= 15 is 0 Å². The van der Waals surface area contributed by atoms with Crippen LogP contribution >= 0.6 is 0 Å². The predicted octanol–water partition coefficient (Wildman–Crippen LogP) is 2.41. The lowest BCUT2D eigenvalue weighted by Crippen LogP contribution is -2.13. The third-order valence-corrected chi connectivity index (χ3v) is 4.65. The Morgan fingerprint density at radius 1 is 1.04 bits per heavy atom. The van der Waals surface area contributed by atoms with Gasteiger partial charge < -0.3 is 4.74 Å². The zero-order valence-corrected chi connectivity index (χ0v) is 14.1. The van der Waals surface area contributed by atoms with Gasteiger partial charge in [0.05, 0.1) is 12.0 Å². The monoisotopic (exact) mass is 343 g/mol. The highest BCUT2D eigenvalue weighted by Gasteiger charge is 2.20. The molecule has 0 saturated heterocycles. The maximum Gasteiger partial charge on any atom is 0.238 e. The zero-order chi connectivity index (χ0) is 17.3. The van der Waals surface area contributed by atoms with Crippen LogP contribution < -0.4 is 9.88 Å². The molecule has 0 fully saturated rings. The van der Waals surface area contributed by atoms with Crippen molar-refractivity contribution in [3.63, 3.8) is 0 Å². The normalized spacial score (nSPS) is 11.5. The molecule has 0 aliphatic heterocycles. The van der Waals surface area contributed by atoms with E-state index in [4.69, 9.17) is 9.88 Å². The van der Waals surface area contributed by atoms with Gasteiger partial charge >= 0.3 is 0 Å². The number of primary sulfonamides is 1. The van der Waals surface area contributed by atoms with E-state index in [0.717, 1.165) is 16.9 Å². The first-order chi connectivity index (χ1) is 11.4. The Labute approximate surface area is 140 Å². The lowest BCUT2D eigenvalue weighted by atomic mass is 10.0. The maximum atomic E-state index is 11.9. The molecule has 3 aromatic rings. The summed E-state index contributed by atoms with van der Waals surface area (Å²) in [6.45, 7) is 0. The summed E-state index contributed by atoms with van der Waals surface area (Å²) < 4.78 is 30.6. The Bertz CT molecular complexity index is 977. The lowest BCUT2D eigenvalue weighted by Gasteiger charge is -2.08. The van der Waals surface area contributed by atoms with Gasteiger partial charge in [-0.15, -0.1) is 0 Å². The number of aryl methyl sites for hydroxylation is 1. The first kappa shape index (κ1) is 16.2. The first-order valence-electron chi connectivity index (χ1n) is 7.20. The summed E-state index contributed by atoms with van der Waals surface area (Å²) in [4.78, 5) is 0.0541. The largest absolute Gasteiger partial charge is 0.497 e. The van der Waals surface area contributed by atoms with Gasteiger partial charge in [0, 0.05) is 24.4 Å². The molecule has 0 unspecified atom stereocenters. The van der Waals surface area contributed by atoms with Crippen molar-refractivity contribution in [3.05, 3.63) is 54.7 Å². The fourth-order valence-electron chi connectivity index (χ4n) is 2.58. The molecule has 0 radical (unpaired) electrons. The molecule has 7 heteroatoms. The summed E-state index contributed by atoms with van der Waals surface area (Å²) in [5.74, 6) is 0.745. The van der Waals surface area contributed by atoms with Crippen LogP contribution in [0.25, 0.3) is 22.4 Å². The number of nitrogens with zero attached hydrogens (tertiary/aromatic N) is 2. The van der Waals surface area contributed by atoms with E-state index in [0.29, 0.717) is 11.3 Å². The number of sulfonamides is 1. The number of ether oxygens (including phenoxy) is 1. The molecule has 124 valence electrons. The van der Waals surface area contributed by atoms with Crippen LogP contribution in [0.4, 0.5) is 0 Å². The number of hydrogen-bond donors (Lipinski definition) is 1. The van der Waals surface area contributed by atoms with Crippen LogP contribution in [0, 0.1) is 0 Å². The van der Waals surface area contributed by atoms with Crippen molar-refractivity contribution < 1.29 is 13.2 Å². The second kappa shape index (κ2) is 6.10. The van der Waals surface area contributed by atoms with Crippen LogP contribution in [0.2, 0.25) is 0 Å². The lowest BCUT2D eigenvalue weighted by molar-refractivity contribution is 0.415. The van der Waals surface area contributed by atoms with Gasteiger partial charge in [0.15, 0.2) is 0 Å². The van der Waals surface area contributed by atoms with Gasteiger partial charge in [0.1, 0.15) is 11.4 Å². The average Bonchev–Trinajstić information content (AvgIpc) is 2.96. The van der Waals surface area contributed by atoms with Crippen molar-refractivity contribution >= 4 is 10.0 Å². The minimum absolute atomic E-state index is 0.0541. The molecule has 0 atom stereocenters. The summed E-state index contributed by atoms with van der Waals surface area (Å²) in [5, 5.41) is 9.79. The molecule has 0 bridgehead atoms.